The molecule has 1 heterocycles. The number of nitrogens with zero attached hydrogens (tertiary/aromatic N) is 1. The Bertz CT molecular complexity index is 646. The van der Waals surface area contributed by atoms with Crippen molar-refractivity contribution in [1.29, 1.82) is 0 Å². The molecule has 0 saturated carbocycles. The van der Waals surface area contributed by atoms with Crippen molar-refractivity contribution < 1.29 is 9.66 Å². The summed E-state index contributed by atoms with van der Waals surface area (Å²) in [6.45, 7) is 0.0261. The lowest BCUT2D eigenvalue weighted by Crippen LogP contribution is -2.13. The summed E-state index contributed by atoms with van der Waals surface area (Å²) in [5.74, 6) is 0.703. The van der Waals surface area contributed by atoms with Gasteiger partial charge >= 0.3 is 0 Å². The topological polar surface area (TPSA) is 52.4 Å². The molecule has 17 heavy (non-hydrogen) atoms. The van der Waals surface area contributed by atoms with E-state index in [1.807, 2.05) is 36.4 Å². The average molecular weight is 227 g/mol. The van der Waals surface area contributed by atoms with E-state index in [1.165, 1.54) is 0 Å². The van der Waals surface area contributed by atoms with E-state index in [4.69, 9.17) is 4.74 Å². The minimum Gasteiger partial charge on any atom is -0.482 e. The molecule has 0 unspecified atom stereocenters. The van der Waals surface area contributed by atoms with Gasteiger partial charge < -0.3 is 4.74 Å². The van der Waals surface area contributed by atoms with Crippen molar-refractivity contribution in [1.82, 2.24) is 0 Å². The van der Waals surface area contributed by atoms with E-state index in [2.05, 4.69) is 0 Å². The number of fused-ring (bicyclic) bond motifs is 3. The molecule has 0 aliphatic carbocycles. The Kier molecular flexibility index (Phi) is 2.08. The van der Waals surface area contributed by atoms with Crippen molar-refractivity contribution in [2.24, 2.45) is 0 Å². The summed E-state index contributed by atoms with van der Waals surface area (Å²) < 4.78 is 5.40. The Labute approximate surface area is 97.3 Å². The average Bonchev–Trinajstić information content (AvgIpc) is 2.38. The van der Waals surface area contributed by atoms with E-state index in [0.29, 0.717) is 5.75 Å². The van der Waals surface area contributed by atoms with Crippen LogP contribution in [0.5, 0.6) is 5.75 Å². The fourth-order valence-corrected chi connectivity index (χ4v) is 2.02. The summed E-state index contributed by atoms with van der Waals surface area (Å²) in [6.07, 6.45) is 1.60. The molecule has 3 rings (SSSR count). The summed E-state index contributed by atoms with van der Waals surface area (Å²) in [7, 11) is 0. The van der Waals surface area contributed by atoms with Crippen molar-refractivity contribution in [3.05, 3.63) is 57.8 Å². The first kappa shape index (κ1) is 9.84. The van der Waals surface area contributed by atoms with Crippen molar-refractivity contribution in [2.75, 3.05) is 6.61 Å². The third-order valence-electron chi connectivity index (χ3n) is 2.85. The second-order valence-electron chi connectivity index (χ2n) is 3.88. The van der Waals surface area contributed by atoms with Crippen LogP contribution >= 0.6 is 0 Å². The van der Waals surface area contributed by atoms with Crippen molar-refractivity contribution in [2.45, 2.75) is 0 Å². The Morgan fingerprint density at radius 1 is 1.18 bits per heavy atom. The van der Waals surface area contributed by atoms with Gasteiger partial charge in [-0.05, 0) is 16.8 Å². The molecular weight excluding hydrogens is 218 g/mol. The van der Waals surface area contributed by atoms with Crippen LogP contribution in [0.25, 0.3) is 16.8 Å². The van der Waals surface area contributed by atoms with Gasteiger partial charge in [0, 0.05) is 11.6 Å². The van der Waals surface area contributed by atoms with Gasteiger partial charge in [-0.3, -0.25) is 10.1 Å². The molecule has 0 aromatic heterocycles. The van der Waals surface area contributed by atoms with Gasteiger partial charge in [0.15, 0.2) is 6.61 Å². The molecular formula is C13H9NO3. The van der Waals surface area contributed by atoms with Gasteiger partial charge in [-0.25, -0.2) is 0 Å². The molecule has 1 aliphatic heterocycles. The molecule has 4 nitrogen and oxygen atoms in total. The first-order valence-electron chi connectivity index (χ1n) is 5.25. The third kappa shape index (κ3) is 1.54. The summed E-state index contributed by atoms with van der Waals surface area (Å²) in [5.41, 5.74) is 0.884. The molecule has 1 aliphatic rings. The zero-order valence-electron chi connectivity index (χ0n) is 8.92. The van der Waals surface area contributed by atoms with E-state index in [0.717, 1.165) is 16.3 Å². The number of ether oxygens (including phenoxy) is 1. The van der Waals surface area contributed by atoms with Gasteiger partial charge in [0.25, 0.3) is 5.70 Å². The van der Waals surface area contributed by atoms with Gasteiger partial charge in [-0.1, -0.05) is 30.3 Å². The molecule has 0 saturated heterocycles. The van der Waals surface area contributed by atoms with Crippen LogP contribution in [0.4, 0.5) is 0 Å². The smallest absolute Gasteiger partial charge is 0.284 e. The molecule has 84 valence electrons. The summed E-state index contributed by atoms with van der Waals surface area (Å²) in [5, 5.41) is 12.8. The van der Waals surface area contributed by atoms with Crippen LogP contribution < -0.4 is 4.74 Å². The highest BCUT2D eigenvalue weighted by atomic mass is 16.6. The highest BCUT2D eigenvalue weighted by Crippen LogP contribution is 2.33. The molecule has 0 amide bonds. The van der Waals surface area contributed by atoms with Gasteiger partial charge in [-0.15, -0.1) is 0 Å². The van der Waals surface area contributed by atoms with Crippen LogP contribution in [0.15, 0.2) is 42.1 Å². The molecule has 0 radical (unpaired) electrons. The minimum atomic E-state index is -0.398. The molecule has 0 fully saturated rings. The highest BCUT2D eigenvalue weighted by Gasteiger charge is 2.20. The molecule has 0 bridgehead atoms. The molecule has 2 aromatic carbocycles. The first-order chi connectivity index (χ1) is 8.25. The van der Waals surface area contributed by atoms with Gasteiger partial charge in [0.05, 0.1) is 4.92 Å². The molecule has 0 N–H and O–H groups in total. The van der Waals surface area contributed by atoms with Gasteiger partial charge in [0.1, 0.15) is 5.75 Å². The Morgan fingerprint density at radius 2 is 2.00 bits per heavy atom. The lowest BCUT2D eigenvalue weighted by Gasteiger charge is -2.15. The van der Waals surface area contributed by atoms with Crippen LogP contribution in [0, 0.1) is 10.1 Å². The second kappa shape index (κ2) is 3.59. The molecule has 0 spiro atoms. The minimum absolute atomic E-state index is 0.0261. The van der Waals surface area contributed by atoms with Gasteiger partial charge in [0.2, 0.25) is 0 Å². The van der Waals surface area contributed by atoms with E-state index in [1.54, 1.807) is 6.08 Å². The van der Waals surface area contributed by atoms with Crippen LogP contribution in [0.1, 0.15) is 5.56 Å². The lowest BCUT2D eigenvalue weighted by atomic mass is 10.0. The fourth-order valence-electron chi connectivity index (χ4n) is 2.02. The fraction of sp³-hybridized carbons (Fsp3) is 0.0769. The Balaban J connectivity index is 2.30. The zero-order valence-corrected chi connectivity index (χ0v) is 8.92. The maximum Gasteiger partial charge on any atom is 0.284 e. The SMILES string of the molecule is O=[N+]([O-])C1=Cc2c(ccc3ccccc23)OC1. The predicted octanol–water partition coefficient (Wildman–Crippen LogP) is 2.85. The quantitative estimate of drug-likeness (QED) is 0.556. The lowest BCUT2D eigenvalue weighted by molar-refractivity contribution is -0.427. The normalized spacial score (nSPS) is 13.8. The number of hydrogen-bond acceptors (Lipinski definition) is 3. The number of benzene rings is 2. The van der Waals surface area contributed by atoms with E-state index < -0.39 is 4.92 Å². The molecule has 4 heteroatoms. The summed E-state index contributed by atoms with van der Waals surface area (Å²) in [4.78, 5) is 10.4. The predicted molar refractivity (Wildman–Crippen MR) is 64.4 cm³/mol. The van der Waals surface area contributed by atoms with E-state index in [9.17, 15) is 10.1 Å². The van der Waals surface area contributed by atoms with Crippen molar-refractivity contribution in [3.8, 4) is 5.75 Å². The van der Waals surface area contributed by atoms with Gasteiger partial charge in [-0.2, -0.15) is 0 Å². The monoisotopic (exact) mass is 227 g/mol. The van der Waals surface area contributed by atoms with Crippen LogP contribution in [-0.4, -0.2) is 11.5 Å². The van der Waals surface area contributed by atoms with Crippen molar-refractivity contribution >= 4 is 16.8 Å². The third-order valence-corrected chi connectivity index (χ3v) is 2.85. The maximum atomic E-state index is 10.8. The maximum absolute atomic E-state index is 10.8. The van der Waals surface area contributed by atoms with Crippen molar-refractivity contribution in [3.63, 3.8) is 0 Å². The molecule has 0 atom stereocenters. The van der Waals surface area contributed by atoms with E-state index >= 15 is 0 Å². The summed E-state index contributed by atoms with van der Waals surface area (Å²) in [6, 6.07) is 11.6. The zero-order chi connectivity index (χ0) is 11.8. The van der Waals surface area contributed by atoms with Crippen LogP contribution in [0.2, 0.25) is 0 Å². The number of rotatable bonds is 1. The van der Waals surface area contributed by atoms with Crippen LogP contribution in [0.3, 0.4) is 0 Å². The van der Waals surface area contributed by atoms with Crippen LogP contribution in [-0.2, 0) is 0 Å². The standard InChI is InChI=1S/C13H9NO3/c15-14(16)10-7-12-11-4-2-1-3-9(11)5-6-13(12)17-8-10/h1-7H,8H2. The Hall–Kier alpha value is -2.36. The Morgan fingerprint density at radius 3 is 2.82 bits per heavy atom. The second-order valence-corrected chi connectivity index (χ2v) is 3.88. The number of hydrogen-bond donors (Lipinski definition) is 0. The number of nitro groups is 1. The largest absolute Gasteiger partial charge is 0.482 e. The molecule has 2 aromatic rings. The van der Waals surface area contributed by atoms with E-state index in [-0.39, 0.29) is 12.3 Å². The highest BCUT2D eigenvalue weighted by molar-refractivity contribution is 5.93. The summed E-state index contributed by atoms with van der Waals surface area (Å²) >= 11 is 0. The first-order valence-corrected chi connectivity index (χ1v) is 5.25.